The molecule has 4 rings (SSSR count). The van der Waals surface area contributed by atoms with Crippen molar-refractivity contribution >= 4 is 35.0 Å². The monoisotopic (exact) mass is 606 g/mol. The van der Waals surface area contributed by atoms with Crippen LogP contribution in [0.1, 0.15) is 28.3 Å². The quantitative estimate of drug-likeness (QED) is 0.195. The van der Waals surface area contributed by atoms with Crippen LogP contribution in [0.4, 0.5) is 0 Å². The van der Waals surface area contributed by atoms with Crippen LogP contribution in [0.5, 0.6) is 17.2 Å². The molecule has 1 atom stereocenters. The van der Waals surface area contributed by atoms with Crippen molar-refractivity contribution in [3.63, 3.8) is 0 Å². The van der Waals surface area contributed by atoms with Gasteiger partial charge in [0.25, 0.3) is 0 Å². The maximum atomic E-state index is 14.1. The molecule has 0 radical (unpaired) electrons. The lowest BCUT2D eigenvalue weighted by molar-refractivity contribution is -0.141. The second-order valence-electron chi connectivity index (χ2n) is 9.50. The minimum absolute atomic E-state index is 0.0378. The van der Waals surface area contributed by atoms with Crippen molar-refractivity contribution in [3.8, 4) is 17.2 Å². The van der Waals surface area contributed by atoms with E-state index in [0.29, 0.717) is 38.4 Å². The van der Waals surface area contributed by atoms with Crippen molar-refractivity contribution in [2.45, 2.75) is 25.6 Å². The first-order chi connectivity index (χ1) is 20.3. The predicted molar refractivity (Wildman–Crippen MR) is 164 cm³/mol. The van der Waals surface area contributed by atoms with Crippen molar-refractivity contribution < 1.29 is 23.8 Å². The first-order valence-corrected chi connectivity index (χ1v) is 14.0. The molecule has 0 aliphatic heterocycles. The lowest BCUT2D eigenvalue weighted by Crippen LogP contribution is -2.43. The lowest BCUT2D eigenvalue weighted by Gasteiger charge is -2.32. The van der Waals surface area contributed by atoms with Gasteiger partial charge in [0.15, 0.2) is 11.5 Å². The Morgan fingerprint density at radius 3 is 2.12 bits per heavy atom. The third kappa shape index (κ3) is 7.75. The van der Waals surface area contributed by atoms with Crippen LogP contribution in [0.2, 0.25) is 10.0 Å². The molecule has 0 aliphatic carbocycles. The van der Waals surface area contributed by atoms with Gasteiger partial charge in [-0.1, -0.05) is 77.8 Å². The summed E-state index contributed by atoms with van der Waals surface area (Å²) in [5.41, 5.74) is 2.94. The molecule has 4 aromatic rings. The van der Waals surface area contributed by atoms with E-state index < -0.39 is 6.04 Å². The molecule has 4 aromatic carbocycles. The van der Waals surface area contributed by atoms with Gasteiger partial charge in [0.2, 0.25) is 11.8 Å². The number of rotatable bonds is 12. The number of carbonyl (C=O) groups excluding carboxylic acids is 2. The van der Waals surface area contributed by atoms with Crippen LogP contribution in [0, 0.1) is 0 Å². The summed E-state index contributed by atoms with van der Waals surface area (Å²) < 4.78 is 16.1. The van der Waals surface area contributed by atoms with E-state index in [2.05, 4.69) is 5.32 Å². The van der Waals surface area contributed by atoms with E-state index in [-0.39, 0.29) is 31.3 Å². The fourth-order valence-corrected chi connectivity index (χ4v) is 5.05. The molecule has 0 aliphatic rings. The maximum absolute atomic E-state index is 14.1. The Morgan fingerprint density at radius 1 is 0.786 bits per heavy atom. The Labute approximate surface area is 255 Å². The molecule has 0 fully saturated rings. The van der Waals surface area contributed by atoms with Gasteiger partial charge in [0.05, 0.1) is 27.8 Å². The van der Waals surface area contributed by atoms with E-state index in [1.807, 2.05) is 60.7 Å². The van der Waals surface area contributed by atoms with Gasteiger partial charge in [-0.25, -0.2) is 0 Å². The number of ether oxygens (including phenoxy) is 3. The highest BCUT2D eigenvalue weighted by Crippen LogP contribution is 2.30. The third-order valence-electron chi connectivity index (χ3n) is 6.78. The Morgan fingerprint density at radius 2 is 1.48 bits per heavy atom. The summed E-state index contributed by atoms with van der Waals surface area (Å²) in [5.74, 6) is 1.18. The highest BCUT2D eigenvalue weighted by molar-refractivity contribution is 6.35. The Bertz CT molecular complexity index is 1510. The van der Waals surface area contributed by atoms with Crippen LogP contribution in [-0.4, -0.2) is 38.0 Å². The molecule has 0 saturated heterocycles. The molecule has 0 bridgehead atoms. The molecule has 0 spiro atoms. The largest absolute Gasteiger partial charge is 0.497 e. The van der Waals surface area contributed by atoms with E-state index in [1.165, 1.54) is 0 Å². The molecule has 0 unspecified atom stereocenters. The zero-order valence-electron chi connectivity index (χ0n) is 23.6. The summed E-state index contributed by atoms with van der Waals surface area (Å²) in [7, 11) is 4.69. The van der Waals surface area contributed by atoms with Gasteiger partial charge in [0, 0.05) is 23.1 Å². The second kappa shape index (κ2) is 14.6. The number of hydrogen-bond donors (Lipinski definition) is 1. The molecule has 2 amide bonds. The van der Waals surface area contributed by atoms with Crippen molar-refractivity contribution in [3.05, 3.63) is 123 Å². The average molecular weight is 608 g/mol. The first-order valence-electron chi connectivity index (χ1n) is 13.2. The van der Waals surface area contributed by atoms with Crippen LogP contribution in [-0.2, 0) is 29.1 Å². The zero-order valence-corrected chi connectivity index (χ0v) is 25.1. The number of halogens is 2. The lowest BCUT2D eigenvalue weighted by atomic mass is 10.0. The highest BCUT2D eigenvalue weighted by atomic mass is 35.5. The molecular weight excluding hydrogens is 575 g/mol. The minimum atomic E-state index is -0.924. The van der Waals surface area contributed by atoms with Crippen LogP contribution in [0.25, 0.3) is 0 Å². The van der Waals surface area contributed by atoms with E-state index in [4.69, 9.17) is 37.4 Å². The Hall–Kier alpha value is -4.20. The van der Waals surface area contributed by atoms with Crippen molar-refractivity contribution in [2.75, 3.05) is 21.3 Å². The maximum Gasteiger partial charge on any atom is 0.247 e. The van der Waals surface area contributed by atoms with E-state index >= 15 is 0 Å². The predicted octanol–water partition coefficient (Wildman–Crippen LogP) is 6.65. The average Bonchev–Trinajstić information content (AvgIpc) is 3.01. The number of methoxy groups -OCH3 is 3. The number of amides is 2. The van der Waals surface area contributed by atoms with Gasteiger partial charge in [0.1, 0.15) is 11.8 Å². The molecule has 0 saturated carbocycles. The normalized spacial score (nSPS) is 11.4. The van der Waals surface area contributed by atoms with Gasteiger partial charge < -0.3 is 24.4 Å². The summed E-state index contributed by atoms with van der Waals surface area (Å²) in [6.07, 6.45) is 0.0378. The van der Waals surface area contributed by atoms with Gasteiger partial charge in [-0.2, -0.15) is 0 Å². The molecule has 0 aromatic heterocycles. The number of nitrogens with one attached hydrogen (secondary N) is 1. The van der Waals surface area contributed by atoms with Gasteiger partial charge in [-0.05, 0) is 58.7 Å². The molecule has 7 nitrogen and oxygen atoms in total. The third-order valence-corrected chi connectivity index (χ3v) is 7.37. The fraction of sp³-hybridized carbons (Fsp3) is 0.212. The molecule has 0 heterocycles. The van der Waals surface area contributed by atoms with Gasteiger partial charge in [-0.15, -0.1) is 0 Å². The van der Waals surface area contributed by atoms with E-state index in [1.54, 1.807) is 56.6 Å². The summed E-state index contributed by atoms with van der Waals surface area (Å²) in [6, 6.07) is 26.1. The van der Waals surface area contributed by atoms with Crippen molar-refractivity contribution in [1.29, 1.82) is 0 Å². The molecule has 9 heteroatoms. The number of nitrogens with zero attached hydrogens (tertiary/aromatic N) is 1. The van der Waals surface area contributed by atoms with Gasteiger partial charge in [-0.3, -0.25) is 9.59 Å². The number of benzene rings is 4. The van der Waals surface area contributed by atoms with Gasteiger partial charge >= 0.3 is 0 Å². The smallest absolute Gasteiger partial charge is 0.247 e. The Kier molecular flexibility index (Phi) is 10.7. The second-order valence-corrected chi connectivity index (χ2v) is 10.3. The zero-order chi connectivity index (χ0) is 30.1. The van der Waals surface area contributed by atoms with Crippen LogP contribution in [0.15, 0.2) is 91.0 Å². The summed E-state index contributed by atoms with van der Waals surface area (Å²) >= 11 is 12.4. The van der Waals surface area contributed by atoms with Crippen LogP contribution in [0.3, 0.4) is 0 Å². The molecule has 1 N–H and O–H groups in total. The van der Waals surface area contributed by atoms with Crippen LogP contribution < -0.4 is 19.5 Å². The molecular formula is C33H32Cl2N2O5. The molecule has 42 heavy (non-hydrogen) atoms. The first kappa shape index (κ1) is 30.8. The minimum Gasteiger partial charge on any atom is -0.497 e. The topological polar surface area (TPSA) is 77.1 Å². The number of hydrogen-bond acceptors (Lipinski definition) is 5. The van der Waals surface area contributed by atoms with E-state index in [9.17, 15) is 9.59 Å². The van der Waals surface area contributed by atoms with Crippen molar-refractivity contribution in [2.24, 2.45) is 0 Å². The number of carbonyl (C=O) groups is 2. The summed E-state index contributed by atoms with van der Waals surface area (Å²) in [5, 5.41) is 3.92. The summed E-state index contributed by atoms with van der Waals surface area (Å²) in [6.45, 7) is 0.350. The Balaban J connectivity index is 1.69. The van der Waals surface area contributed by atoms with Crippen molar-refractivity contribution in [1.82, 2.24) is 10.2 Å². The summed E-state index contributed by atoms with van der Waals surface area (Å²) in [4.78, 5) is 29.6. The molecule has 218 valence electrons. The van der Waals surface area contributed by atoms with Crippen LogP contribution >= 0.6 is 23.2 Å². The standard InChI is InChI=1S/C33H32Cl2N2O5/c1-40-27-14-9-22(10-15-27)21-37(31(38)18-23-11-16-29(41-2)30(17-23)42-3)32(24-7-5-4-6-8-24)33(39)36-20-25-12-13-26(34)19-28(25)35/h4-17,19,32H,18,20-21H2,1-3H3,(H,36,39)/t32-/m1/s1. The fourth-order valence-electron chi connectivity index (χ4n) is 4.57. The van der Waals surface area contributed by atoms with E-state index in [0.717, 1.165) is 11.1 Å². The highest BCUT2D eigenvalue weighted by Gasteiger charge is 2.32. The SMILES string of the molecule is COc1ccc(CN(C(=O)Cc2ccc(OC)c(OC)c2)[C@@H](C(=O)NCc2ccc(Cl)cc2Cl)c2ccccc2)cc1.